The first-order valence-electron chi connectivity index (χ1n) is 5.39. The van der Waals surface area contributed by atoms with E-state index in [1.807, 2.05) is 0 Å². The lowest BCUT2D eigenvalue weighted by atomic mass is 9.97. The van der Waals surface area contributed by atoms with E-state index in [1.54, 1.807) is 0 Å². The summed E-state index contributed by atoms with van der Waals surface area (Å²) >= 11 is 0. The van der Waals surface area contributed by atoms with Crippen molar-refractivity contribution in [2.75, 3.05) is 0 Å². The summed E-state index contributed by atoms with van der Waals surface area (Å²) in [4.78, 5) is 11.0. The van der Waals surface area contributed by atoms with Gasteiger partial charge in [0.25, 0.3) is 0 Å². The fourth-order valence-corrected chi connectivity index (χ4v) is 1.79. The maximum atomic E-state index is 13.7. The molecule has 2 aromatic carbocycles. The fraction of sp³-hybridized carbons (Fsp3) is 0.0714. The van der Waals surface area contributed by atoms with E-state index < -0.39 is 23.4 Å². The van der Waals surface area contributed by atoms with Crippen LogP contribution in [-0.2, 0) is 0 Å². The van der Waals surface area contributed by atoms with Crippen LogP contribution in [0.3, 0.4) is 0 Å². The molecule has 0 fully saturated rings. The maximum absolute atomic E-state index is 13.7. The van der Waals surface area contributed by atoms with Crippen LogP contribution < -0.4 is 0 Å². The molecule has 0 aliphatic heterocycles. The van der Waals surface area contributed by atoms with Crippen LogP contribution >= 0.6 is 0 Å². The lowest BCUT2D eigenvalue weighted by molar-refractivity contribution is 0.0697. The molecule has 5 heteroatoms. The highest BCUT2D eigenvalue weighted by Crippen LogP contribution is 2.29. The van der Waals surface area contributed by atoms with Gasteiger partial charge in [-0.1, -0.05) is 6.07 Å². The van der Waals surface area contributed by atoms with Gasteiger partial charge >= 0.3 is 5.97 Å². The third-order valence-electron chi connectivity index (χ3n) is 2.75. The van der Waals surface area contributed by atoms with Gasteiger partial charge in [0.2, 0.25) is 0 Å². The highest BCUT2D eigenvalue weighted by molar-refractivity contribution is 5.96. The number of rotatable bonds is 2. The molecule has 1 N–H and O–H groups in total. The van der Waals surface area contributed by atoms with E-state index in [0.717, 1.165) is 18.2 Å². The number of aromatic carboxylic acids is 1. The predicted octanol–water partition coefficient (Wildman–Crippen LogP) is 3.78. The van der Waals surface area contributed by atoms with E-state index >= 15 is 0 Å². The van der Waals surface area contributed by atoms with E-state index in [2.05, 4.69) is 0 Å². The van der Waals surface area contributed by atoms with Gasteiger partial charge in [-0.05, 0) is 36.2 Å². The first kappa shape index (κ1) is 13.1. The average molecular weight is 266 g/mol. The molecule has 0 heterocycles. The highest BCUT2D eigenvalue weighted by Gasteiger charge is 2.17. The molecule has 0 aliphatic carbocycles. The van der Waals surface area contributed by atoms with Gasteiger partial charge in [-0.2, -0.15) is 0 Å². The molecule has 19 heavy (non-hydrogen) atoms. The standard InChI is InChI=1S/C14H9F3O2/c1-7-4-10(13(17)6-12(7)16)9-3-2-8(15)5-11(9)14(18)19/h2-6H,1H3,(H,18,19). The third kappa shape index (κ3) is 2.45. The van der Waals surface area contributed by atoms with Crippen LogP contribution in [0.2, 0.25) is 0 Å². The van der Waals surface area contributed by atoms with Crippen LogP contribution in [0.1, 0.15) is 15.9 Å². The Morgan fingerprint density at radius 1 is 1.00 bits per heavy atom. The minimum atomic E-state index is -1.38. The number of halogens is 3. The largest absolute Gasteiger partial charge is 0.478 e. The predicted molar refractivity (Wildman–Crippen MR) is 63.4 cm³/mol. The zero-order valence-electron chi connectivity index (χ0n) is 9.88. The van der Waals surface area contributed by atoms with E-state index in [-0.39, 0.29) is 22.3 Å². The van der Waals surface area contributed by atoms with Crippen LogP contribution in [0.15, 0.2) is 30.3 Å². The van der Waals surface area contributed by atoms with Crippen LogP contribution in [0, 0.1) is 24.4 Å². The summed E-state index contributed by atoms with van der Waals surface area (Å²) < 4.78 is 40.0. The topological polar surface area (TPSA) is 37.3 Å². The molecule has 0 amide bonds. The van der Waals surface area contributed by atoms with Crippen molar-refractivity contribution in [2.24, 2.45) is 0 Å². The number of aryl methyl sites for hydroxylation is 1. The van der Waals surface area contributed by atoms with Gasteiger partial charge in [0, 0.05) is 11.6 Å². The Balaban J connectivity index is 2.72. The molecule has 2 rings (SSSR count). The summed E-state index contributed by atoms with van der Waals surface area (Å²) in [6, 6.07) is 4.87. The summed E-state index contributed by atoms with van der Waals surface area (Å²) in [7, 11) is 0. The Bertz CT molecular complexity index is 666. The van der Waals surface area contributed by atoms with Crippen molar-refractivity contribution in [3.63, 3.8) is 0 Å². The van der Waals surface area contributed by atoms with Crippen molar-refractivity contribution in [3.05, 3.63) is 58.9 Å². The zero-order valence-corrected chi connectivity index (χ0v) is 9.88. The lowest BCUT2D eigenvalue weighted by Crippen LogP contribution is -2.02. The number of carbonyl (C=O) groups is 1. The number of carboxylic acids is 1. The van der Waals surface area contributed by atoms with E-state index in [1.165, 1.54) is 13.0 Å². The van der Waals surface area contributed by atoms with Crippen molar-refractivity contribution in [3.8, 4) is 11.1 Å². The van der Waals surface area contributed by atoms with Gasteiger partial charge in [-0.25, -0.2) is 18.0 Å². The average Bonchev–Trinajstić information content (AvgIpc) is 2.34. The molecule has 0 bridgehead atoms. The Hall–Kier alpha value is -2.30. The van der Waals surface area contributed by atoms with Crippen LogP contribution in [0.25, 0.3) is 11.1 Å². The molecule has 0 aromatic heterocycles. The second kappa shape index (κ2) is 4.76. The lowest BCUT2D eigenvalue weighted by Gasteiger charge is -2.09. The summed E-state index contributed by atoms with van der Waals surface area (Å²) in [5.74, 6) is -3.73. The number of carboxylic acid groups (broad SMARTS) is 1. The SMILES string of the molecule is Cc1cc(-c2ccc(F)cc2C(=O)O)c(F)cc1F. The minimum Gasteiger partial charge on any atom is -0.478 e. The van der Waals surface area contributed by atoms with Gasteiger partial charge in [0.05, 0.1) is 5.56 Å². The van der Waals surface area contributed by atoms with Crippen LogP contribution in [0.4, 0.5) is 13.2 Å². The molecule has 0 unspecified atom stereocenters. The molecule has 0 aliphatic rings. The Labute approximate surface area is 107 Å². The minimum absolute atomic E-state index is 0.00880. The second-order valence-corrected chi connectivity index (χ2v) is 4.08. The molecule has 2 nitrogen and oxygen atoms in total. The summed E-state index contributed by atoms with van der Waals surface area (Å²) in [6.45, 7) is 1.43. The number of hydrogen-bond acceptors (Lipinski definition) is 1. The Morgan fingerprint density at radius 2 is 1.68 bits per heavy atom. The van der Waals surface area contributed by atoms with E-state index in [9.17, 15) is 18.0 Å². The van der Waals surface area contributed by atoms with Crippen molar-refractivity contribution in [1.29, 1.82) is 0 Å². The summed E-state index contributed by atoms with van der Waals surface area (Å²) in [5.41, 5.74) is -0.257. The second-order valence-electron chi connectivity index (χ2n) is 4.08. The first-order chi connectivity index (χ1) is 8.90. The van der Waals surface area contributed by atoms with Crippen molar-refractivity contribution in [2.45, 2.75) is 6.92 Å². The molecule has 98 valence electrons. The molecule has 0 atom stereocenters. The van der Waals surface area contributed by atoms with Gasteiger partial charge in [-0.15, -0.1) is 0 Å². The van der Waals surface area contributed by atoms with Crippen molar-refractivity contribution < 1.29 is 23.1 Å². The molecular formula is C14H9F3O2. The van der Waals surface area contributed by atoms with Gasteiger partial charge in [0.15, 0.2) is 0 Å². The van der Waals surface area contributed by atoms with Gasteiger partial charge in [-0.3, -0.25) is 0 Å². The van der Waals surface area contributed by atoms with Crippen LogP contribution in [0.5, 0.6) is 0 Å². The smallest absolute Gasteiger partial charge is 0.336 e. The van der Waals surface area contributed by atoms with Gasteiger partial charge < -0.3 is 5.11 Å². The fourth-order valence-electron chi connectivity index (χ4n) is 1.79. The quantitative estimate of drug-likeness (QED) is 0.898. The van der Waals surface area contributed by atoms with E-state index in [0.29, 0.717) is 6.07 Å². The summed E-state index contributed by atoms with van der Waals surface area (Å²) in [6.07, 6.45) is 0. The molecule has 0 radical (unpaired) electrons. The van der Waals surface area contributed by atoms with Crippen molar-refractivity contribution >= 4 is 5.97 Å². The van der Waals surface area contributed by atoms with Crippen LogP contribution in [-0.4, -0.2) is 11.1 Å². The number of benzene rings is 2. The molecule has 2 aromatic rings. The monoisotopic (exact) mass is 266 g/mol. The molecule has 0 spiro atoms. The molecular weight excluding hydrogens is 257 g/mol. The van der Waals surface area contributed by atoms with Crippen molar-refractivity contribution in [1.82, 2.24) is 0 Å². The Kier molecular flexibility index (Phi) is 3.29. The molecule has 0 saturated heterocycles. The van der Waals surface area contributed by atoms with E-state index in [4.69, 9.17) is 5.11 Å². The van der Waals surface area contributed by atoms with Gasteiger partial charge in [0.1, 0.15) is 17.5 Å². The highest BCUT2D eigenvalue weighted by atomic mass is 19.1. The Morgan fingerprint density at radius 3 is 2.32 bits per heavy atom. The first-order valence-corrected chi connectivity index (χ1v) is 5.39. The third-order valence-corrected chi connectivity index (χ3v) is 2.75. The maximum Gasteiger partial charge on any atom is 0.336 e. The zero-order chi connectivity index (χ0) is 14.2. The normalized spacial score (nSPS) is 10.5. The number of hydrogen-bond donors (Lipinski definition) is 1. The molecule has 0 saturated carbocycles. The summed E-state index contributed by atoms with van der Waals surface area (Å²) in [5, 5.41) is 9.00.